The minimum atomic E-state index is -0.940. The van der Waals surface area contributed by atoms with Crippen LogP contribution in [0.2, 0.25) is 0 Å². The summed E-state index contributed by atoms with van der Waals surface area (Å²) >= 11 is 0. The van der Waals surface area contributed by atoms with Crippen molar-refractivity contribution >= 4 is 28.4 Å². The molecule has 3 heteroatoms. The first-order valence-corrected chi connectivity index (χ1v) is 8.85. The van der Waals surface area contributed by atoms with E-state index in [-0.39, 0.29) is 5.57 Å². The SMILES string of the molecule is CCCCOc1ccc(/C=C(\C(=O)O)c2cccc3ccccc23)cc1. The number of carboxylic acid groups (broad SMARTS) is 1. The number of carboxylic acids is 1. The summed E-state index contributed by atoms with van der Waals surface area (Å²) in [5, 5.41) is 11.7. The van der Waals surface area contributed by atoms with Gasteiger partial charge in [0.05, 0.1) is 12.2 Å². The van der Waals surface area contributed by atoms with E-state index < -0.39 is 5.97 Å². The first-order chi connectivity index (χ1) is 12.7. The van der Waals surface area contributed by atoms with Crippen LogP contribution in [0.25, 0.3) is 22.4 Å². The van der Waals surface area contributed by atoms with E-state index >= 15 is 0 Å². The van der Waals surface area contributed by atoms with Crippen molar-refractivity contribution in [1.82, 2.24) is 0 Å². The van der Waals surface area contributed by atoms with Gasteiger partial charge in [0.2, 0.25) is 0 Å². The van der Waals surface area contributed by atoms with Crippen LogP contribution in [0.3, 0.4) is 0 Å². The highest BCUT2D eigenvalue weighted by molar-refractivity contribution is 6.23. The average molecular weight is 346 g/mol. The quantitative estimate of drug-likeness (QED) is 0.342. The predicted octanol–water partition coefficient (Wildman–Crippen LogP) is 5.64. The van der Waals surface area contributed by atoms with Crippen LogP contribution in [0.5, 0.6) is 5.75 Å². The number of carbonyl (C=O) groups is 1. The Morgan fingerprint density at radius 2 is 1.73 bits per heavy atom. The molecule has 0 atom stereocenters. The normalized spacial score (nSPS) is 11.5. The highest BCUT2D eigenvalue weighted by Crippen LogP contribution is 2.27. The van der Waals surface area contributed by atoms with E-state index in [1.165, 1.54) is 0 Å². The second kappa shape index (κ2) is 8.34. The summed E-state index contributed by atoms with van der Waals surface area (Å²) in [6.07, 6.45) is 3.82. The molecule has 0 bridgehead atoms. The highest BCUT2D eigenvalue weighted by atomic mass is 16.5. The number of ether oxygens (including phenoxy) is 1. The zero-order valence-corrected chi connectivity index (χ0v) is 14.8. The molecule has 0 aliphatic carbocycles. The zero-order valence-electron chi connectivity index (χ0n) is 14.8. The fourth-order valence-electron chi connectivity index (χ4n) is 2.88. The second-order valence-corrected chi connectivity index (χ2v) is 6.16. The van der Waals surface area contributed by atoms with Gasteiger partial charge in [-0.1, -0.05) is 67.9 Å². The molecular weight excluding hydrogens is 324 g/mol. The largest absolute Gasteiger partial charge is 0.494 e. The molecule has 0 fully saturated rings. The summed E-state index contributed by atoms with van der Waals surface area (Å²) in [7, 11) is 0. The van der Waals surface area contributed by atoms with Crippen LogP contribution in [0.4, 0.5) is 0 Å². The van der Waals surface area contributed by atoms with Crippen molar-refractivity contribution in [2.45, 2.75) is 19.8 Å². The molecule has 0 unspecified atom stereocenters. The number of benzene rings is 3. The number of hydrogen-bond acceptors (Lipinski definition) is 2. The fourth-order valence-corrected chi connectivity index (χ4v) is 2.88. The van der Waals surface area contributed by atoms with Crippen molar-refractivity contribution in [2.24, 2.45) is 0 Å². The van der Waals surface area contributed by atoms with Gasteiger partial charge in [0.25, 0.3) is 0 Å². The van der Waals surface area contributed by atoms with Gasteiger partial charge in [-0.3, -0.25) is 0 Å². The van der Waals surface area contributed by atoms with Gasteiger partial charge in [-0.15, -0.1) is 0 Å². The Bertz CT molecular complexity index is 918. The van der Waals surface area contributed by atoms with Crippen LogP contribution in [-0.2, 0) is 4.79 Å². The van der Waals surface area contributed by atoms with Crippen molar-refractivity contribution in [3.8, 4) is 5.75 Å². The van der Waals surface area contributed by atoms with Gasteiger partial charge in [0, 0.05) is 0 Å². The van der Waals surface area contributed by atoms with Crippen LogP contribution in [-0.4, -0.2) is 17.7 Å². The number of hydrogen-bond donors (Lipinski definition) is 1. The summed E-state index contributed by atoms with van der Waals surface area (Å²) in [5.41, 5.74) is 1.83. The molecule has 3 aromatic rings. The first kappa shape index (κ1) is 17.7. The molecule has 0 aromatic heterocycles. The number of aliphatic carboxylic acids is 1. The molecule has 0 spiro atoms. The number of rotatable bonds is 7. The van der Waals surface area contributed by atoms with E-state index in [2.05, 4.69) is 6.92 Å². The van der Waals surface area contributed by atoms with Crippen LogP contribution >= 0.6 is 0 Å². The minimum Gasteiger partial charge on any atom is -0.494 e. The molecule has 3 aromatic carbocycles. The third-order valence-corrected chi connectivity index (χ3v) is 4.27. The smallest absolute Gasteiger partial charge is 0.336 e. The van der Waals surface area contributed by atoms with Crippen LogP contribution < -0.4 is 4.74 Å². The Hall–Kier alpha value is -3.07. The summed E-state index contributed by atoms with van der Waals surface area (Å²) in [5.74, 6) is -0.137. The Morgan fingerprint density at radius 3 is 2.46 bits per heavy atom. The van der Waals surface area contributed by atoms with Crippen LogP contribution in [0.15, 0.2) is 66.7 Å². The summed E-state index contributed by atoms with van der Waals surface area (Å²) in [6, 6.07) is 21.1. The lowest BCUT2D eigenvalue weighted by Gasteiger charge is -2.09. The van der Waals surface area contributed by atoms with E-state index in [0.29, 0.717) is 6.61 Å². The molecule has 1 N–H and O–H groups in total. The molecule has 0 saturated carbocycles. The maximum atomic E-state index is 11.9. The minimum absolute atomic E-state index is 0.279. The van der Waals surface area contributed by atoms with Crippen LogP contribution in [0.1, 0.15) is 30.9 Å². The number of fused-ring (bicyclic) bond motifs is 1. The van der Waals surface area contributed by atoms with E-state index in [4.69, 9.17) is 4.74 Å². The predicted molar refractivity (Wildman–Crippen MR) is 106 cm³/mol. The molecule has 0 amide bonds. The summed E-state index contributed by atoms with van der Waals surface area (Å²) in [4.78, 5) is 11.9. The Morgan fingerprint density at radius 1 is 1.00 bits per heavy atom. The molecular formula is C23H22O3. The summed E-state index contributed by atoms with van der Waals surface area (Å²) in [6.45, 7) is 2.82. The lowest BCUT2D eigenvalue weighted by molar-refractivity contribution is -0.130. The molecule has 26 heavy (non-hydrogen) atoms. The average Bonchev–Trinajstić information content (AvgIpc) is 2.67. The Labute approximate surface area is 153 Å². The Kier molecular flexibility index (Phi) is 5.69. The van der Waals surface area contributed by atoms with Gasteiger partial charge >= 0.3 is 5.97 Å². The van der Waals surface area contributed by atoms with Gasteiger partial charge in [0.15, 0.2) is 0 Å². The van der Waals surface area contributed by atoms with Crippen molar-refractivity contribution < 1.29 is 14.6 Å². The molecule has 3 nitrogen and oxygen atoms in total. The van der Waals surface area contributed by atoms with Crippen molar-refractivity contribution in [3.05, 3.63) is 77.9 Å². The summed E-state index contributed by atoms with van der Waals surface area (Å²) < 4.78 is 5.66. The molecule has 0 heterocycles. The maximum absolute atomic E-state index is 11.9. The molecule has 0 saturated heterocycles. The third-order valence-electron chi connectivity index (χ3n) is 4.27. The van der Waals surface area contributed by atoms with Gasteiger partial charge in [0.1, 0.15) is 5.75 Å². The highest BCUT2D eigenvalue weighted by Gasteiger charge is 2.13. The molecule has 0 aliphatic heterocycles. The standard InChI is InChI=1S/C23H22O3/c1-2-3-15-26-19-13-11-17(12-14-19)16-22(23(24)25)21-10-6-8-18-7-4-5-9-20(18)21/h4-14,16H,2-3,15H2,1H3,(H,24,25)/b22-16-. The molecule has 0 radical (unpaired) electrons. The van der Waals surface area contributed by atoms with Gasteiger partial charge in [-0.2, -0.15) is 0 Å². The monoisotopic (exact) mass is 346 g/mol. The molecule has 3 rings (SSSR count). The van der Waals surface area contributed by atoms with Gasteiger partial charge < -0.3 is 9.84 Å². The third kappa shape index (κ3) is 4.12. The van der Waals surface area contributed by atoms with Gasteiger partial charge in [-0.05, 0) is 46.5 Å². The number of unbranched alkanes of at least 4 members (excludes halogenated alkanes) is 1. The van der Waals surface area contributed by atoms with Crippen molar-refractivity contribution in [1.29, 1.82) is 0 Å². The lowest BCUT2D eigenvalue weighted by Crippen LogP contribution is -2.00. The molecule has 132 valence electrons. The van der Waals surface area contributed by atoms with Crippen molar-refractivity contribution in [2.75, 3.05) is 6.61 Å². The first-order valence-electron chi connectivity index (χ1n) is 8.85. The second-order valence-electron chi connectivity index (χ2n) is 6.16. The van der Waals surface area contributed by atoms with E-state index in [0.717, 1.165) is 40.5 Å². The molecule has 0 aliphatic rings. The fraction of sp³-hybridized carbons (Fsp3) is 0.174. The topological polar surface area (TPSA) is 46.5 Å². The maximum Gasteiger partial charge on any atom is 0.336 e. The van der Waals surface area contributed by atoms with Gasteiger partial charge in [-0.25, -0.2) is 4.79 Å². The van der Waals surface area contributed by atoms with E-state index in [1.807, 2.05) is 66.7 Å². The van der Waals surface area contributed by atoms with Crippen molar-refractivity contribution in [3.63, 3.8) is 0 Å². The zero-order chi connectivity index (χ0) is 18.4. The van der Waals surface area contributed by atoms with E-state index in [9.17, 15) is 9.90 Å². The Balaban J connectivity index is 1.94. The van der Waals surface area contributed by atoms with E-state index in [1.54, 1.807) is 6.08 Å². The lowest BCUT2D eigenvalue weighted by atomic mass is 9.96. The van der Waals surface area contributed by atoms with Crippen LogP contribution in [0, 0.1) is 0 Å².